The van der Waals surface area contributed by atoms with Gasteiger partial charge < -0.3 is 25.9 Å². The second kappa shape index (κ2) is 9.25. The molecule has 7 nitrogen and oxygen atoms in total. The lowest BCUT2D eigenvalue weighted by Gasteiger charge is -2.43. The minimum atomic E-state index is -3.89. The summed E-state index contributed by atoms with van der Waals surface area (Å²) >= 11 is 0. The van der Waals surface area contributed by atoms with Crippen LogP contribution in [0.25, 0.3) is 0 Å². The third kappa shape index (κ3) is 6.81. The van der Waals surface area contributed by atoms with E-state index >= 15 is 0 Å². The van der Waals surface area contributed by atoms with Crippen LogP contribution in [0, 0.1) is 0 Å². The van der Waals surface area contributed by atoms with Crippen molar-refractivity contribution in [3.63, 3.8) is 0 Å². The minimum Gasteiger partial charge on any atom is -0.391 e. The van der Waals surface area contributed by atoms with E-state index in [4.69, 9.17) is 25.9 Å². The Bertz CT molecular complexity index is 547. The van der Waals surface area contributed by atoms with Crippen molar-refractivity contribution >= 4 is 33.5 Å². The van der Waals surface area contributed by atoms with Crippen LogP contribution in [0.1, 0.15) is 59.3 Å². The molecule has 0 aromatic carbocycles. The van der Waals surface area contributed by atoms with Crippen molar-refractivity contribution in [2.45, 2.75) is 115 Å². The molecule has 3 saturated heterocycles. The van der Waals surface area contributed by atoms with Crippen molar-refractivity contribution < 1.29 is 30.5 Å². The fraction of sp³-hybridized carbons (Fsp3) is 1.00. The Morgan fingerprint density at radius 3 is 1.17 bits per heavy atom. The molecule has 3 rings (SSSR count). The van der Waals surface area contributed by atoms with Gasteiger partial charge in [0.15, 0.2) is 0 Å². The summed E-state index contributed by atoms with van der Waals surface area (Å²) in [6, 6.07) is 2.37. The maximum absolute atomic E-state index is 14.2. The lowest BCUT2D eigenvalue weighted by atomic mass is 10.2. The Hall–Kier alpha value is 0.641. The van der Waals surface area contributed by atoms with Crippen molar-refractivity contribution in [3.05, 3.63) is 0 Å². The molecular formula is C18H39O7PSi3. The number of hydrogen-bond acceptors (Lipinski definition) is 7. The largest absolute Gasteiger partial charge is 0.450 e. The summed E-state index contributed by atoms with van der Waals surface area (Å²) in [4.78, 5) is 0. The Labute approximate surface area is 179 Å². The molecule has 0 aliphatic carbocycles. The van der Waals surface area contributed by atoms with Gasteiger partial charge in [0.1, 0.15) is 0 Å². The molecule has 3 fully saturated rings. The van der Waals surface area contributed by atoms with E-state index in [0.29, 0.717) is 0 Å². The number of phosphoric acid groups is 1. The average Bonchev–Trinajstić information content (AvgIpc) is 2.51. The highest BCUT2D eigenvalue weighted by molar-refractivity contribution is 7.53. The van der Waals surface area contributed by atoms with Crippen LogP contribution in [-0.2, 0) is 30.5 Å². The summed E-state index contributed by atoms with van der Waals surface area (Å²) in [5, 5.41) is 0. The molecule has 0 bridgehead atoms. The Morgan fingerprint density at radius 2 is 0.931 bits per heavy atom. The van der Waals surface area contributed by atoms with Crippen LogP contribution in [0.15, 0.2) is 0 Å². The van der Waals surface area contributed by atoms with Crippen LogP contribution in [0.5, 0.6) is 0 Å². The topological polar surface area (TPSA) is 72.5 Å². The Kier molecular flexibility index (Phi) is 7.75. The lowest BCUT2D eigenvalue weighted by Crippen LogP contribution is -2.50. The summed E-state index contributed by atoms with van der Waals surface area (Å²) in [7, 11) is -11.9. The highest BCUT2D eigenvalue weighted by Crippen LogP contribution is 2.59. The van der Waals surface area contributed by atoms with Gasteiger partial charge in [-0.2, -0.15) is 0 Å². The maximum Gasteiger partial charge on any atom is 0.450 e. The SMILES string of the molecule is CC1CCC[Si](C)(OP(=O)(O[Si]2(C)CCCC(C)O2)O[Si]2(C)CCCC(C)O2)O1. The molecule has 0 amide bonds. The van der Waals surface area contributed by atoms with Gasteiger partial charge in [0, 0.05) is 18.3 Å². The fourth-order valence-corrected chi connectivity index (χ4v) is 19.3. The second-order valence-corrected chi connectivity index (χ2v) is 21.7. The summed E-state index contributed by atoms with van der Waals surface area (Å²) in [5.74, 6) is 0. The molecule has 11 heteroatoms. The number of rotatable bonds is 6. The molecule has 0 N–H and O–H groups in total. The van der Waals surface area contributed by atoms with Gasteiger partial charge in [-0.1, -0.05) is 0 Å². The third-order valence-electron chi connectivity index (χ3n) is 5.99. The predicted octanol–water partition coefficient (Wildman–Crippen LogP) is 5.96. The van der Waals surface area contributed by atoms with Crippen LogP contribution in [0.3, 0.4) is 0 Å². The van der Waals surface area contributed by atoms with Crippen LogP contribution < -0.4 is 0 Å². The standard InChI is InChI=1S/C18H39O7PSi3/c1-16-10-7-13-27(4,20-16)23-26(19,24-28(5)14-8-11-17(2)21-28)25-29(6)15-9-12-18(3)22-29/h16-18H,7-15H2,1-6H3. The van der Waals surface area contributed by atoms with E-state index in [-0.39, 0.29) is 18.3 Å². The van der Waals surface area contributed by atoms with Gasteiger partial charge in [0.25, 0.3) is 0 Å². The highest BCUT2D eigenvalue weighted by atomic mass is 31.2. The fourth-order valence-electron chi connectivity index (χ4n) is 4.73. The molecule has 0 radical (unpaired) electrons. The van der Waals surface area contributed by atoms with Crippen molar-refractivity contribution in [1.82, 2.24) is 0 Å². The molecule has 6 unspecified atom stereocenters. The first-order chi connectivity index (χ1) is 13.4. The molecule has 6 atom stereocenters. The van der Waals surface area contributed by atoms with Gasteiger partial charge in [-0.3, -0.25) is 0 Å². The zero-order valence-corrected chi connectivity index (χ0v) is 22.8. The summed E-state index contributed by atoms with van der Waals surface area (Å²) in [6.07, 6.45) is 6.33. The molecule has 3 aliphatic heterocycles. The summed E-state index contributed by atoms with van der Waals surface area (Å²) < 4.78 is 51.6. The zero-order valence-electron chi connectivity index (χ0n) is 18.9. The molecule has 3 heterocycles. The Balaban J connectivity index is 1.82. The van der Waals surface area contributed by atoms with Gasteiger partial charge in [-0.05, 0) is 97.1 Å². The molecular weight excluding hydrogens is 443 g/mol. The molecule has 0 aromatic rings. The molecule has 3 aliphatic rings. The number of hydrogen-bond donors (Lipinski definition) is 0. The van der Waals surface area contributed by atoms with E-state index in [1.807, 2.05) is 40.4 Å². The molecule has 29 heavy (non-hydrogen) atoms. The van der Waals surface area contributed by atoms with Crippen molar-refractivity contribution in [1.29, 1.82) is 0 Å². The Morgan fingerprint density at radius 1 is 0.655 bits per heavy atom. The van der Waals surface area contributed by atoms with Gasteiger partial charge in [-0.25, -0.2) is 4.57 Å². The van der Waals surface area contributed by atoms with Crippen LogP contribution in [-0.4, -0.2) is 44.0 Å². The first-order valence-electron chi connectivity index (χ1n) is 11.2. The average molecular weight is 483 g/mol. The second-order valence-electron chi connectivity index (χ2n) is 9.58. The van der Waals surface area contributed by atoms with Crippen LogP contribution >= 0.6 is 7.82 Å². The van der Waals surface area contributed by atoms with E-state index in [9.17, 15) is 4.57 Å². The smallest absolute Gasteiger partial charge is 0.391 e. The highest BCUT2D eigenvalue weighted by Gasteiger charge is 2.54. The summed E-state index contributed by atoms with van der Waals surface area (Å²) in [6.45, 7) is 12.1. The third-order valence-corrected chi connectivity index (χ3v) is 19.8. The maximum atomic E-state index is 14.2. The molecule has 0 spiro atoms. The quantitative estimate of drug-likeness (QED) is 0.342. The predicted molar refractivity (Wildman–Crippen MR) is 119 cm³/mol. The van der Waals surface area contributed by atoms with Gasteiger partial charge in [-0.15, -0.1) is 0 Å². The minimum absolute atomic E-state index is 0.103. The van der Waals surface area contributed by atoms with E-state index in [1.165, 1.54) is 0 Å². The molecule has 170 valence electrons. The van der Waals surface area contributed by atoms with Gasteiger partial charge >= 0.3 is 33.5 Å². The van der Waals surface area contributed by atoms with Crippen molar-refractivity contribution in [3.8, 4) is 0 Å². The van der Waals surface area contributed by atoms with Gasteiger partial charge in [0.2, 0.25) is 0 Å². The van der Waals surface area contributed by atoms with E-state index < -0.39 is 33.5 Å². The summed E-state index contributed by atoms with van der Waals surface area (Å²) in [5.41, 5.74) is 0. The van der Waals surface area contributed by atoms with Crippen molar-refractivity contribution in [2.24, 2.45) is 0 Å². The zero-order chi connectivity index (χ0) is 21.3. The van der Waals surface area contributed by atoms with E-state index in [1.54, 1.807) is 0 Å². The van der Waals surface area contributed by atoms with Crippen LogP contribution in [0.2, 0.25) is 37.8 Å². The van der Waals surface area contributed by atoms with Gasteiger partial charge in [0.05, 0.1) is 0 Å². The van der Waals surface area contributed by atoms with Crippen molar-refractivity contribution in [2.75, 3.05) is 0 Å². The van der Waals surface area contributed by atoms with E-state index in [0.717, 1.165) is 56.7 Å². The van der Waals surface area contributed by atoms with E-state index in [2.05, 4.69) is 0 Å². The lowest BCUT2D eigenvalue weighted by molar-refractivity contribution is 0.0958. The first kappa shape index (κ1) is 24.3. The first-order valence-corrected chi connectivity index (χ1v) is 20.2. The monoisotopic (exact) mass is 482 g/mol. The molecule has 0 saturated carbocycles. The normalized spacial score (nSPS) is 46.2. The van der Waals surface area contributed by atoms with Crippen LogP contribution in [0.4, 0.5) is 0 Å². The molecule has 0 aromatic heterocycles.